The first-order chi connectivity index (χ1) is 9.39. The van der Waals surface area contributed by atoms with Crippen molar-refractivity contribution < 1.29 is 14.0 Å². The van der Waals surface area contributed by atoms with E-state index in [9.17, 15) is 14.0 Å². The molecule has 108 valence electrons. The second-order valence-corrected chi connectivity index (χ2v) is 5.04. The van der Waals surface area contributed by atoms with Gasteiger partial charge in [0.25, 0.3) is 5.91 Å². The normalized spacial score (nSPS) is 17.6. The Morgan fingerprint density at radius 2 is 2.25 bits per heavy atom. The van der Waals surface area contributed by atoms with Crippen LogP contribution in [0.2, 0.25) is 0 Å². The number of aromatic nitrogens is 1. The molecule has 0 bridgehead atoms. The van der Waals surface area contributed by atoms with Crippen LogP contribution in [0.25, 0.3) is 0 Å². The van der Waals surface area contributed by atoms with E-state index >= 15 is 0 Å². The van der Waals surface area contributed by atoms with Gasteiger partial charge in [-0.1, -0.05) is 0 Å². The summed E-state index contributed by atoms with van der Waals surface area (Å²) in [5, 5.41) is 5.28. The standard InChI is InChI=1S/C13H17FN4O2/c1-13(2)12(20)17-6-7-18(13)11(19)8-4-5-16-10(15-3)9(8)14/h4-5H,6-7H2,1-3H3,(H,15,16)(H,17,20). The topological polar surface area (TPSA) is 74.3 Å². The zero-order valence-corrected chi connectivity index (χ0v) is 11.7. The Morgan fingerprint density at radius 1 is 1.55 bits per heavy atom. The molecule has 1 aliphatic heterocycles. The van der Waals surface area contributed by atoms with Gasteiger partial charge < -0.3 is 15.5 Å². The van der Waals surface area contributed by atoms with Crippen LogP contribution in [0.15, 0.2) is 12.3 Å². The van der Waals surface area contributed by atoms with E-state index in [1.807, 2.05) is 0 Å². The fourth-order valence-electron chi connectivity index (χ4n) is 2.18. The van der Waals surface area contributed by atoms with Crippen LogP contribution in [0, 0.1) is 5.82 Å². The second-order valence-electron chi connectivity index (χ2n) is 5.04. The first kappa shape index (κ1) is 14.2. The number of rotatable bonds is 2. The van der Waals surface area contributed by atoms with E-state index in [0.717, 1.165) is 0 Å². The fraction of sp³-hybridized carbons (Fsp3) is 0.462. The maximum Gasteiger partial charge on any atom is 0.257 e. The first-order valence-corrected chi connectivity index (χ1v) is 6.32. The SMILES string of the molecule is CNc1nccc(C(=O)N2CCNC(=O)C2(C)C)c1F. The van der Waals surface area contributed by atoms with E-state index < -0.39 is 17.3 Å². The summed E-state index contributed by atoms with van der Waals surface area (Å²) >= 11 is 0. The van der Waals surface area contributed by atoms with Crippen LogP contribution in [0.3, 0.4) is 0 Å². The van der Waals surface area contributed by atoms with E-state index in [2.05, 4.69) is 15.6 Å². The van der Waals surface area contributed by atoms with Crippen molar-refractivity contribution in [3.05, 3.63) is 23.6 Å². The Morgan fingerprint density at radius 3 is 2.90 bits per heavy atom. The van der Waals surface area contributed by atoms with E-state index in [0.29, 0.717) is 13.1 Å². The molecule has 1 aromatic heterocycles. The maximum atomic E-state index is 14.2. The van der Waals surface area contributed by atoms with Gasteiger partial charge in [-0.3, -0.25) is 9.59 Å². The first-order valence-electron chi connectivity index (χ1n) is 6.32. The highest BCUT2D eigenvalue weighted by atomic mass is 19.1. The van der Waals surface area contributed by atoms with Gasteiger partial charge in [0.2, 0.25) is 5.91 Å². The van der Waals surface area contributed by atoms with Crippen molar-refractivity contribution in [2.45, 2.75) is 19.4 Å². The molecular formula is C13H17FN4O2. The summed E-state index contributed by atoms with van der Waals surface area (Å²) < 4.78 is 14.2. The van der Waals surface area contributed by atoms with Gasteiger partial charge in [0.15, 0.2) is 11.6 Å². The van der Waals surface area contributed by atoms with Crippen molar-refractivity contribution in [2.75, 3.05) is 25.5 Å². The number of pyridine rings is 1. The summed E-state index contributed by atoms with van der Waals surface area (Å²) in [5.74, 6) is -1.46. The van der Waals surface area contributed by atoms with Crippen LogP contribution in [-0.4, -0.2) is 47.4 Å². The summed E-state index contributed by atoms with van der Waals surface area (Å²) in [6.07, 6.45) is 1.36. The van der Waals surface area contributed by atoms with Crippen molar-refractivity contribution in [1.82, 2.24) is 15.2 Å². The highest BCUT2D eigenvalue weighted by Gasteiger charge is 2.41. The Kier molecular flexibility index (Phi) is 3.61. The lowest BCUT2D eigenvalue weighted by Gasteiger charge is -2.41. The largest absolute Gasteiger partial charge is 0.371 e. The molecular weight excluding hydrogens is 263 g/mol. The van der Waals surface area contributed by atoms with Gasteiger partial charge in [0.05, 0.1) is 5.56 Å². The third-order valence-electron chi connectivity index (χ3n) is 3.45. The molecule has 6 nitrogen and oxygen atoms in total. The van der Waals surface area contributed by atoms with Crippen LogP contribution < -0.4 is 10.6 Å². The number of hydrogen-bond acceptors (Lipinski definition) is 4. The van der Waals surface area contributed by atoms with Gasteiger partial charge in [0.1, 0.15) is 5.54 Å². The number of nitrogens with one attached hydrogen (secondary N) is 2. The molecule has 0 aliphatic carbocycles. The van der Waals surface area contributed by atoms with Crippen LogP contribution in [0.4, 0.5) is 10.2 Å². The minimum absolute atomic E-state index is 0.00937. The molecule has 0 saturated carbocycles. The molecule has 2 rings (SSSR count). The van der Waals surface area contributed by atoms with E-state index in [1.54, 1.807) is 13.8 Å². The van der Waals surface area contributed by atoms with Crippen LogP contribution in [0.1, 0.15) is 24.2 Å². The van der Waals surface area contributed by atoms with E-state index in [-0.39, 0.29) is 17.3 Å². The average Bonchev–Trinajstić information content (AvgIpc) is 2.41. The lowest BCUT2D eigenvalue weighted by molar-refractivity contribution is -0.133. The Balaban J connectivity index is 2.39. The predicted molar refractivity (Wildman–Crippen MR) is 71.9 cm³/mol. The quantitative estimate of drug-likeness (QED) is 0.832. The fourth-order valence-corrected chi connectivity index (χ4v) is 2.18. The molecule has 0 radical (unpaired) electrons. The third-order valence-corrected chi connectivity index (χ3v) is 3.45. The predicted octanol–water partition coefficient (Wildman–Crippen LogP) is 0.613. The zero-order valence-electron chi connectivity index (χ0n) is 11.7. The lowest BCUT2D eigenvalue weighted by Crippen LogP contribution is -2.63. The lowest BCUT2D eigenvalue weighted by atomic mass is 9.97. The van der Waals surface area contributed by atoms with Gasteiger partial charge in [0, 0.05) is 26.3 Å². The van der Waals surface area contributed by atoms with Crippen molar-refractivity contribution in [2.24, 2.45) is 0 Å². The number of anilines is 1. The summed E-state index contributed by atoms with van der Waals surface area (Å²) in [6, 6.07) is 1.32. The molecule has 1 aromatic rings. The van der Waals surface area contributed by atoms with Gasteiger partial charge in [-0.15, -0.1) is 0 Å². The Hall–Kier alpha value is -2.18. The highest BCUT2D eigenvalue weighted by molar-refractivity contribution is 6.00. The monoisotopic (exact) mass is 280 g/mol. The maximum absolute atomic E-state index is 14.2. The summed E-state index contributed by atoms with van der Waals surface area (Å²) in [4.78, 5) is 29.5. The highest BCUT2D eigenvalue weighted by Crippen LogP contribution is 2.23. The number of piperazine rings is 1. The number of hydrogen-bond donors (Lipinski definition) is 2. The molecule has 0 spiro atoms. The van der Waals surface area contributed by atoms with Crippen LogP contribution in [0.5, 0.6) is 0 Å². The number of carbonyl (C=O) groups is 2. The van der Waals surface area contributed by atoms with Crippen LogP contribution in [-0.2, 0) is 4.79 Å². The Bertz CT molecular complexity index is 559. The zero-order chi connectivity index (χ0) is 14.9. The van der Waals surface area contributed by atoms with Crippen molar-refractivity contribution in [1.29, 1.82) is 0 Å². The molecule has 0 aromatic carbocycles. The minimum Gasteiger partial charge on any atom is -0.371 e. The summed E-state index contributed by atoms with van der Waals surface area (Å²) in [5.41, 5.74) is -1.10. The van der Waals surface area contributed by atoms with Crippen molar-refractivity contribution in [3.63, 3.8) is 0 Å². The molecule has 0 atom stereocenters. The molecule has 1 saturated heterocycles. The van der Waals surface area contributed by atoms with Crippen molar-refractivity contribution in [3.8, 4) is 0 Å². The third kappa shape index (κ3) is 2.19. The molecule has 7 heteroatoms. The van der Waals surface area contributed by atoms with Gasteiger partial charge in [-0.05, 0) is 19.9 Å². The van der Waals surface area contributed by atoms with Gasteiger partial charge >= 0.3 is 0 Å². The van der Waals surface area contributed by atoms with Gasteiger partial charge in [-0.25, -0.2) is 9.37 Å². The van der Waals surface area contributed by atoms with Gasteiger partial charge in [-0.2, -0.15) is 0 Å². The number of amides is 2. The number of nitrogens with zero attached hydrogens (tertiary/aromatic N) is 2. The molecule has 2 amide bonds. The Labute approximate surface area is 116 Å². The van der Waals surface area contributed by atoms with E-state index in [1.165, 1.54) is 24.2 Å². The second kappa shape index (κ2) is 5.07. The average molecular weight is 280 g/mol. The molecule has 20 heavy (non-hydrogen) atoms. The van der Waals surface area contributed by atoms with E-state index in [4.69, 9.17) is 0 Å². The molecule has 1 fully saturated rings. The summed E-state index contributed by atoms with van der Waals surface area (Å²) in [6.45, 7) is 3.97. The van der Waals surface area contributed by atoms with Crippen molar-refractivity contribution >= 4 is 17.6 Å². The number of carbonyl (C=O) groups excluding carboxylic acids is 2. The molecule has 1 aliphatic rings. The smallest absolute Gasteiger partial charge is 0.257 e. The summed E-state index contributed by atoms with van der Waals surface area (Å²) in [7, 11) is 1.53. The molecule has 0 unspecified atom stereocenters. The van der Waals surface area contributed by atoms with Crippen LogP contribution >= 0.6 is 0 Å². The minimum atomic E-state index is -1.01. The number of halogens is 1. The molecule has 2 N–H and O–H groups in total. The molecule has 2 heterocycles.